The van der Waals surface area contributed by atoms with E-state index in [2.05, 4.69) is 95.9 Å². The largest absolute Gasteiger partial charge is 0.477 e. The first kappa shape index (κ1) is 25.2. The lowest BCUT2D eigenvalue weighted by molar-refractivity contribution is -0.132. The zero-order chi connectivity index (χ0) is 26.8. The molecule has 6 rings (SSSR count). The van der Waals surface area contributed by atoms with Crippen LogP contribution in [0, 0.1) is 29.1 Å². The van der Waals surface area contributed by atoms with Crippen molar-refractivity contribution in [1.29, 1.82) is 5.26 Å². The lowest BCUT2D eigenvalue weighted by Gasteiger charge is -2.38. The fraction of sp³-hybridized carbons (Fsp3) is 0.314. The molecule has 4 nitrogen and oxygen atoms in total. The van der Waals surface area contributed by atoms with Crippen LogP contribution in [0.25, 0.3) is 11.6 Å². The molecule has 2 aliphatic carbocycles. The van der Waals surface area contributed by atoms with Crippen molar-refractivity contribution in [2.75, 3.05) is 4.90 Å². The molecule has 1 N–H and O–H groups in total. The fourth-order valence-corrected chi connectivity index (χ4v) is 7.49. The van der Waals surface area contributed by atoms with E-state index in [4.69, 9.17) is 0 Å². The van der Waals surface area contributed by atoms with Crippen LogP contribution in [0.5, 0.6) is 0 Å². The van der Waals surface area contributed by atoms with Gasteiger partial charge in [-0.25, -0.2) is 4.79 Å². The summed E-state index contributed by atoms with van der Waals surface area (Å²) < 4.78 is 0. The number of anilines is 1. The van der Waals surface area contributed by atoms with Crippen LogP contribution in [0.3, 0.4) is 0 Å². The molecule has 0 radical (unpaired) electrons. The van der Waals surface area contributed by atoms with Crippen molar-refractivity contribution < 1.29 is 9.90 Å². The Bertz CT molecular complexity index is 1380. The van der Waals surface area contributed by atoms with Crippen LogP contribution in [0.2, 0.25) is 0 Å². The Hall–Kier alpha value is -4.10. The average molecular weight is 515 g/mol. The van der Waals surface area contributed by atoms with Gasteiger partial charge >= 0.3 is 5.97 Å². The minimum absolute atomic E-state index is 0.106. The molecule has 5 unspecified atom stereocenters. The van der Waals surface area contributed by atoms with Gasteiger partial charge in [0.1, 0.15) is 11.6 Å². The molecular weight excluding hydrogens is 480 g/mol. The summed E-state index contributed by atoms with van der Waals surface area (Å²) in [6, 6.07) is 33.1. The van der Waals surface area contributed by atoms with E-state index in [1.54, 1.807) is 6.08 Å². The molecule has 0 bridgehead atoms. The second-order valence-corrected chi connectivity index (χ2v) is 11.3. The van der Waals surface area contributed by atoms with Crippen LogP contribution in [-0.2, 0) is 4.79 Å². The number of hydrogen-bond donors (Lipinski definition) is 1. The summed E-state index contributed by atoms with van der Waals surface area (Å²) in [4.78, 5) is 14.1. The summed E-state index contributed by atoms with van der Waals surface area (Å²) in [6.07, 6.45) is 10.7. The molecule has 3 fully saturated rings. The lowest BCUT2D eigenvalue weighted by Crippen LogP contribution is -2.40. The van der Waals surface area contributed by atoms with Gasteiger partial charge in [0.2, 0.25) is 0 Å². The first-order valence-electron chi connectivity index (χ1n) is 14.2. The zero-order valence-electron chi connectivity index (χ0n) is 22.1. The van der Waals surface area contributed by atoms with Gasteiger partial charge in [-0.15, -0.1) is 0 Å². The molecule has 196 valence electrons. The van der Waals surface area contributed by atoms with E-state index in [0.29, 0.717) is 23.9 Å². The van der Waals surface area contributed by atoms with Gasteiger partial charge in [-0.3, -0.25) is 0 Å². The maximum absolute atomic E-state index is 11.4. The summed E-state index contributed by atoms with van der Waals surface area (Å²) in [5.74, 6) is 0.288. The third-order valence-corrected chi connectivity index (χ3v) is 9.12. The maximum Gasteiger partial charge on any atom is 0.346 e. The van der Waals surface area contributed by atoms with Crippen molar-refractivity contribution in [3.8, 4) is 6.07 Å². The lowest BCUT2D eigenvalue weighted by atomic mass is 9.73. The molecule has 2 saturated carbocycles. The number of nitriles is 1. The second-order valence-electron chi connectivity index (χ2n) is 11.3. The normalized spacial score (nSPS) is 25.9. The Morgan fingerprint density at radius 2 is 1.46 bits per heavy atom. The molecule has 1 aliphatic heterocycles. The van der Waals surface area contributed by atoms with E-state index in [-0.39, 0.29) is 11.5 Å². The molecule has 0 spiro atoms. The predicted molar refractivity (Wildman–Crippen MR) is 156 cm³/mol. The monoisotopic (exact) mass is 514 g/mol. The molecule has 5 atom stereocenters. The van der Waals surface area contributed by atoms with Gasteiger partial charge in [0.05, 0.1) is 0 Å². The van der Waals surface area contributed by atoms with E-state index >= 15 is 0 Å². The third kappa shape index (κ3) is 5.02. The highest BCUT2D eigenvalue weighted by molar-refractivity contribution is 5.92. The topological polar surface area (TPSA) is 64.3 Å². The Kier molecular flexibility index (Phi) is 7.07. The van der Waals surface area contributed by atoms with Gasteiger partial charge in [0, 0.05) is 17.8 Å². The van der Waals surface area contributed by atoms with Gasteiger partial charge in [0.25, 0.3) is 0 Å². The van der Waals surface area contributed by atoms with Crippen molar-refractivity contribution in [3.63, 3.8) is 0 Å². The Morgan fingerprint density at radius 3 is 2.08 bits per heavy atom. The van der Waals surface area contributed by atoms with E-state index in [9.17, 15) is 15.2 Å². The van der Waals surface area contributed by atoms with E-state index in [1.165, 1.54) is 47.2 Å². The van der Waals surface area contributed by atoms with E-state index in [0.717, 1.165) is 19.3 Å². The number of aliphatic carboxylic acids is 1. The minimum atomic E-state index is -1.11. The summed E-state index contributed by atoms with van der Waals surface area (Å²) in [5, 5.41) is 18.6. The summed E-state index contributed by atoms with van der Waals surface area (Å²) >= 11 is 0. The second kappa shape index (κ2) is 10.9. The quantitative estimate of drug-likeness (QED) is 0.209. The number of carbonyl (C=O) groups is 1. The third-order valence-electron chi connectivity index (χ3n) is 9.12. The molecule has 3 aromatic rings. The van der Waals surface area contributed by atoms with Crippen molar-refractivity contribution >= 4 is 23.3 Å². The molecule has 1 heterocycles. The number of hydrogen-bond acceptors (Lipinski definition) is 3. The molecule has 1 saturated heterocycles. The molecule has 3 aliphatic rings. The standard InChI is InChI=1S/C35H34N2O2/c36-23-28(35(38)39)20-25-16-19-34-32(22-25)30-12-7-13-33(30)37(34)29-17-14-24(15-18-29)21-31(26-8-3-1-4-9-26)27-10-5-2-6-11-27/h1-6,8-11,14-15,17-18,20-21,25,30,32-34H,7,12-13,16,19,22H2,(H,38,39)/b28-20+. The van der Waals surface area contributed by atoms with Crippen molar-refractivity contribution in [2.45, 2.75) is 50.6 Å². The van der Waals surface area contributed by atoms with Gasteiger partial charge in [-0.1, -0.05) is 85.3 Å². The Balaban J connectivity index is 1.27. The number of carboxylic acid groups (broad SMARTS) is 1. The molecule has 4 heteroatoms. The van der Waals surface area contributed by atoms with Crippen LogP contribution in [0.1, 0.15) is 55.2 Å². The summed E-state index contributed by atoms with van der Waals surface area (Å²) in [7, 11) is 0. The van der Waals surface area contributed by atoms with Crippen LogP contribution in [0.15, 0.2) is 96.6 Å². The van der Waals surface area contributed by atoms with Crippen molar-refractivity contribution in [1.82, 2.24) is 0 Å². The molecular formula is C35H34N2O2. The summed E-state index contributed by atoms with van der Waals surface area (Å²) in [6.45, 7) is 0. The van der Waals surface area contributed by atoms with Crippen LogP contribution in [0.4, 0.5) is 5.69 Å². The minimum Gasteiger partial charge on any atom is -0.477 e. The first-order chi connectivity index (χ1) is 19.1. The molecule has 0 aromatic heterocycles. The van der Waals surface area contributed by atoms with E-state index in [1.807, 2.05) is 6.07 Å². The SMILES string of the molecule is N#C/C(=C\C1CCC2C(C1)C1CCCC1N2c1ccc(C=C(c2ccccc2)c2ccccc2)cc1)C(=O)O. The van der Waals surface area contributed by atoms with Crippen molar-refractivity contribution in [2.24, 2.45) is 17.8 Å². The number of carboxylic acids is 1. The molecule has 39 heavy (non-hydrogen) atoms. The first-order valence-corrected chi connectivity index (χ1v) is 14.2. The van der Waals surface area contributed by atoms with Crippen LogP contribution >= 0.6 is 0 Å². The highest BCUT2D eigenvalue weighted by Gasteiger charge is 2.52. The number of nitrogens with zero attached hydrogens (tertiary/aromatic N) is 2. The Labute approximate surface area is 230 Å². The number of benzene rings is 3. The van der Waals surface area contributed by atoms with Crippen LogP contribution < -0.4 is 4.90 Å². The predicted octanol–water partition coefficient (Wildman–Crippen LogP) is 7.58. The fourth-order valence-electron chi connectivity index (χ4n) is 7.49. The molecule has 3 aromatic carbocycles. The average Bonchev–Trinajstić information content (AvgIpc) is 3.57. The van der Waals surface area contributed by atoms with E-state index < -0.39 is 5.97 Å². The zero-order valence-corrected chi connectivity index (χ0v) is 22.1. The van der Waals surface area contributed by atoms with Gasteiger partial charge in [-0.05, 0) is 90.3 Å². The van der Waals surface area contributed by atoms with Gasteiger partial charge < -0.3 is 10.0 Å². The highest BCUT2D eigenvalue weighted by atomic mass is 16.4. The van der Waals surface area contributed by atoms with Crippen LogP contribution in [-0.4, -0.2) is 23.2 Å². The smallest absolute Gasteiger partial charge is 0.346 e. The number of fused-ring (bicyclic) bond motifs is 3. The highest BCUT2D eigenvalue weighted by Crippen LogP contribution is 2.53. The van der Waals surface area contributed by atoms with Gasteiger partial charge in [-0.2, -0.15) is 5.26 Å². The number of allylic oxidation sites excluding steroid dienone is 1. The summed E-state index contributed by atoms with van der Waals surface area (Å²) in [5.41, 5.74) is 6.01. The maximum atomic E-state index is 11.4. The van der Waals surface area contributed by atoms with Crippen molar-refractivity contribution in [3.05, 3.63) is 113 Å². The number of rotatable bonds is 6. The molecule has 0 amide bonds. The Morgan fingerprint density at radius 1 is 0.821 bits per heavy atom. The van der Waals surface area contributed by atoms with Gasteiger partial charge in [0.15, 0.2) is 0 Å².